The van der Waals surface area contributed by atoms with Crippen LogP contribution in [0.3, 0.4) is 0 Å². The number of nitrogens with zero attached hydrogens (tertiary/aromatic N) is 2. The average Bonchev–Trinajstić information content (AvgIpc) is 3.28. The summed E-state index contributed by atoms with van der Waals surface area (Å²) in [7, 11) is -1.64. The summed E-state index contributed by atoms with van der Waals surface area (Å²) in [5, 5.41) is 0. The SMILES string of the molecule is CN1CCN(C(CNS(=O)(=O)c2ccc3c(c2)OCCO3)c2ccc3c(c2)OCO3)CC1. The van der Waals surface area contributed by atoms with Crippen LogP contribution in [0.5, 0.6) is 23.0 Å². The minimum absolute atomic E-state index is 0.134. The Morgan fingerprint density at radius 2 is 1.53 bits per heavy atom. The van der Waals surface area contributed by atoms with Gasteiger partial charge in [0.1, 0.15) is 13.2 Å². The van der Waals surface area contributed by atoms with Crippen molar-refractivity contribution >= 4 is 10.0 Å². The lowest BCUT2D eigenvalue weighted by molar-refractivity contribution is 0.112. The Bertz CT molecular complexity index is 1090. The maximum atomic E-state index is 13.1. The molecule has 172 valence electrons. The molecule has 3 aliphatic rings. The molecule has 0 radical (unpaired) electrons. The molecular weight excluding hydrogens is 434 g/mol. The van der Waals surface area contributed by atoms with E-state index in [1.807, 2.05) is 18.2 Å². The summed E-state index contributed by atoms with van der Waals surface area (Å²) < 4.78 is 51.0. The Balaban J connectivity index is 1.37. The fourth-order valence-corrected chi connectivity index (χ4v) is 5.23. The van der Waals surface area contributed by atoms with Gasteiger partial charge in [0.15, 0.2) is 23.0 Å². The second kappa shape index (κ2) is 8.78. The van der Waals surface area contributed by atoms with Crippen molar-refractivity contribution in [3.63, 3.8) is 0 Å². The molecule has 1 saturated heterocycles. The van der Waals surface area contributed by atoms with Gasteiger partial charge < -0.3 is 23.8 Å². The molecule has 1 unspecified atom stereocenters. The third-order valence-corrected chi connectivity index (χ3v) is 7.47. The van der Waals surface area contributed by atoms with Gasteiger partial charge in [-0.1, -0.05) is 6.07 Å². The minimum Gasteiger partial charge on any atom is -0.486 e. The van der Waals surface area contributed by atoms with Crippen molar-refractivity contribution in [1.82, 2.24) is 14.5 Å². The highest BCUT2D eigenvalue weighted by molar-refractivity contribution is 7.89. The van der Waals surface area contributed by atoms with Crippen LogP contribution in [0, 0.1) is 0 Å². The number of likely N-dealkylation sites (N-methyl/N-ethyl adjacent to an activating group) is 1. The molecule has 1 fully saturated rings. The van der Waals surface area contributed by atoms with E-state index in [4.69, 9.17) is 18.9 Å². The van der Waals surface area contributed by atoms with Gasteiger partial charge in [-0.05, 0) is 36.9 Å². The van der Waals surface area contributed by atoms with Crippen LogP contribution in [0.25, 0.3) is 0 Å². The fourth-order valence-electron chi connectivity index (χ4n) is 4.17. The van der Waals surface area contributed by atoms with Crippen LogP contribution in [0.15, 0.2) is 41.3 Å². The van der Waals surface area contributed by atoms with E-state index >= 15 is 0 Å². The molecule has 1 atom stereocenters. The van der Waals surface area contributed by atoms with E-state index < -0.39 is 10.0 Å². The van der Waals surface area contributed by atoms with E-state index in [2.05, 4.69) is 21.6 Å². The van der Waals surface area contributed by atoms with E-state index in [1.54, 1.807) is 12.1 Å². The van der Waals surface area contributed by atoms with Crippen molar-refractivity contribution in [3.05, 3.63) is 42.0 Å². The quantitative estimate of drug-likeness (QED) is 0.692. The number of fused-ring (bicyclic) bond motifs is 2. The number of hydrogen-bond donors (Lipinski definition) is 1. The van der Waals surface area contributed by atoms with E-state index in [0.29, 0.717) is 36.2 Å². The van der Waals surface area contributed by atoms with Gasteiger partial charge in [-0.2, -0.15) is 0 Å². The monoisotopic (exact) mass is 461 g/mol. The number of nitrogens with one attached hydrogen (secondary N) is 1. The van der Waals surface area contributed by atoms with Crippen molar-refractivity contribution in [2.75, 3.05) is 59.8 Å². The highest BCUT2D eigenvalue weighted by atomic mass is 32.2. The van der Waals surface area contributed by atoms with Gasteiger partial charge in [0, 0.05) is 44.8 Å². The molecule has 0 saturated carbocycles. The smallest absolute Gasteiger partial charge is 0.240 e. The van der Waals surface area contributed by atoms with Crippen LogP contribution in [-0.2, 0) is 10.0 Å². The van der Waals surface area contributed by atoms with Gasteiger partial charge in [-0.15, -0.1) is 0 Å². The number of benzene rings is 2. The summed E-state index contributed by atoms with van der Waals surface area (Å²) in [4.78, 5) is 4.74. The van der Waals surface area contributed by atoms with Crippen LogP contribution in [0.4, 0.5) is 0 Å². The zero-order valence-corrected chi connectivity index (χ0v) is 18.8. The minimum atomic E-state index is -3.74. The molecule has 9 nitrogen and oxygen atoms in total. The zero-order chi connectivity index (χ0) is 22.1. The Morgan fingerprint density at radius 1 is 0.875 bits per heavy atom. The number of sulfonamides is 1. The first-order valence-corrected chi connectivity index (χ1v) is 12.2. The van der Waals surface area contributed by atoms with Crippen LogP contribution >= 0.6 is 0 Å². The predicted molar refractivity (Wildman–Crippen MR) is 117 cm³/mol. The summed E-state index contributed by atoms with van der Waals surface area (Å²) in [5.41, 5.74) is 0.990. The number of hydrogen-bond acceptors (Lipinski definition) is 8. The largest absolute Gasteiger partial charge is 0.486 e. The molecule has 2 aromatic rings. The molecular formula is C22H27N3O6S. The molecule has 1 N–H and O–H groups in total. The Hall–Kier alpha value is -2.53. The Labute approximate surface area is 187 Å². The average molecular weight is 462 g/mol. The van der Waals surface area contributed by atoms with Gasteiger partial charge in [0.25, 0.3) is 0 Å². The second-order valence-corrected chi connectivity index (χ2v) is 9.89. The predicted octanol–water partition coefficient (Wildman–Crippen LogP) is 1.45. The first-order chi connectivity index (χ1) is 15.5. The molecule has 0 spiro atoms. The maximum Gasteiger partial charge on any atom is 0.240 e. The molecule has 2 aromatic carbocycles. The molecule has 3 aliphatic heterocycles. The van der Waals surface area contributed by atoms with Crippen molar-refractivity contribution in [3.8, 4) is 23.0 Å². The Morgan fingerprint density at radius 3 is 2.34 bits per heavy atom. The summed E-state index contributed by atoms with van der Waals surface area (Å²) in [6.07, 6.45) is 0. The first-order valence-electron chi connectivity index (χ1n) is 10.7. The molecule has 0 amide bonds. The third kappa shape index (κ3) is 4.36. The number of rotatable bonds is 6. The Kier molecular flexibility index (Phi) is 5.85. The molecule has 0 aromatic heterocycles. The lowest BCUT2D eigenvalue weighted by atomic mass is 10.0. The fraction of sp³-hybridized carbons (Fsp3) is 0.455. The van der Waals surface area contributed by atoms with Gasteiger partial charge in [-0.25, -0.2) is 13.1 Å². The summed E-state index contributed by atoms with van der Waals surface area (Å²) >= 11 is 0. The standard InChI is InChI=1S/C22H27N3O6S/c1-24-6-8-25(9-7-24)18(16-2-4-20-21(12-16)31-15-30-20)14-23-32(26,27)17-3-5-19-22(13-17)29-11-10-28-19/h2-5,12-13,18,23H,6-11,14-15H2,1H3. The van der Waals surface area contributed by atoms with Crippen molar-refractivity contribution in [2.24, 2.45) is 0 Å². The van der Waals surface area contributed by atoms with E-state index in [0.717, 1.165) is 31.7 Å². The molecule has 0 bridgehead atoms. The third-order valence-electron chi connectivity index (χ3n) is 6.05. The lowest BCUT2D eigenvalue weighted by Crippen LogP contribution is -2.48. The second-order valence-electron chi connectivity index (χ2n) is 8.13. The van der Waals surface area contributed by atoms with Crippen molar-refractivity contribution < 1.29 is 27.4 Å². The first kappa shape index (κ1) is 21.3. The summed E-state index contributed by atoms with van der Waals surface area (Å²) in [6, 6.07) is 10.4. The maximum absolute atomic E-state index is 13.1. The normalized spacial score (nSPS) is 19.7. The van der Waals surface area contributed by atoms with Gasteiger partial charge in [0.2, 0.25) is 16.8 Å². The number of piperazine rings is 1. The van der Waals surface area contributed by atoms with Crippen LogP contribution in [-0.4, -0.2) is 78.0 Å². The molecule has 32 heavy (non-hydrogen) atoms. The summed E-state index contributed by atoms with van der Waals surface area (Å²) in [5.74, 6) is 2.41. The highest BCUT2D eigenvalue weighted by Crippen LogP contribution is 2.36. The van der Waals surface area contributed by atoms with Crippen LogP contribution in [0.1, 0.15) is 11.6 Å². The zero-order valence-electron chi connectivity index (χ0n) is 18.0. The van der Waals surface area contributed by atoms with Gasteiger partial charge >= 0.3 is 0 Å². The van der Waals surface area contributed by atoms with E-state index in [-0.39, 0.29) is 24.3 Å². The molecule has 10 heteroatoms. The van der Waals surface area contributed by atoms with Crippen molar-refractivity contribution in [1.29, 1.82) is 0 Å². The van der Waals surface area contributed by atoms with Gasteiger partial charge in [0.05, 0.1) is 4.90 Å². The van der Waals surface area contributed by atoms with E-state index in [1.165, 1.54) is 6.07 Å². The molecule has 0 aliphatic carbocycles. The number of ether oxygens (including phenoxy) is 4. The van der Waals surface area contributed by atoms with Crippen LogP contribution in [0.2, 0.25) is 0 Å². The van der Waals surface area contributed by atoms with Crippen LogP contribution < -0.4 is 23.7 Å². The highest BCUT2D eigenvalue weighted by Gasteiger charge is 2.28. The topological polar surface area (TPSA) is 89.6 Å². The summed E-state index contributed by atoms with van der Waals surface area (Å²) in [6.45, 7) is 4.85. The molecule has 3 heterocycles. The van der Waals surface area contributed by atoms with Crippen molar-refractivity contribution in [2.45, 2.75) is 10.9 Å². The lowest BCUT2D eigenvalue weighted by Gasteiger charge is -2.38. The molecule has 5 rings (SSSR count). The van der Waals surface area contributed by atoms with Gasteiger partial charge in [-0.3, -0.25) is 4.90 Å². The van der Waals surface area contributed by atoms with E-state index in [9.17, 15) is 8.42 Å².